The first-order valence-corrected chi connectivity index (χ1v) is 14.6. The van der Waals surface area contributed by atoms with Crippen molar-refractivity contribution in [2.75, 3.05) is 5.75 Å². The lowest BCUT2D eigenvalue weighted by Crippen LogP contribution is -2.57. The van der Waals surface area contributed by atoms with Gasteiger partial charge in [0.15, 0.2) is 9.84 Å². The molecule has 2 aromatic rings. The Labute approximate surface area is 228 Å². The Morgan fingerprint density at radius 2 is 1.73 bits per heavy atom. The van der Waals surface area contributed by atoms with Crippen LogP contribution < -0.4 is 0 Å². The number of rotatable bonds is 9. The van der Waals surface area contributed by atoms with E-state index >= 15 is 0 Å². The number of carbonyl (C=O) groups is 2. The van der Waals surface area contributed by atoms with E-state index in [1.165, 1.54) is 0 Å². The van der Waals surface area contributed by atoms with Crippen LogP contribution in [0.1, 0.15) is 70.2 Å². The van der Waals surface area contributed by atoms with E-state index in [1.54, 1.807) is 74.2 Å². The number of sulfone groups is 1. The first-order chi connectivity index (χ1) is 17.2. The van der Waals surface area contributed by atoms with Gasteiger partial charge in [0, 0.05) is 16.1 Å². The summed E-state index contributed by atoms with van der Waals surface area (Å²) in [5.41, 5.74) is 1.33. The van der Waals surface area contributed by atoms with Gasteiger partial charge in [-0.2, -0.15) is 0 Å². The highest BCUT2D eigenvalue weighted by Gasteiger charge is 2.48. The van der Waals surface area contributed by atoms with Gasteiger partial charge in [-0.3, -0.25) is 9.59 Å². The zero-order chi connectivity index (χ0) is 27.5. The Bertz CT molecular complexity index is 1230. The minimum atomic E-state index is -3.63. The predicted molar refractivity (Wildman–Crippen MR) is 145 cm³/mol. The number of halogens is 2. The molecular formula is C27H33Cl2NO6S. The molecule has 1 aliphatic rings. The highest BCUT2D eigenvalue weighted by atomic mass is 35.5. The summed E-state index contributed by atoms with van der Waals surface area (Å²) in [7, 11) is -3.63. The fraction of sp³-hybridized carbons (Fsp3) is 0.481. The quantitative estimate of drug-likeness (QED) is 0.405. The van der Waals surface area contributed by atoms with Crippen molar-refractivity contribution in [2.45, 2.75) is 76.0 Å². The van der Waals surface area contributed by atoms with Crippen molar-refractivity contribution in [1.82, 2.24) is 4.90 Å². The van der Waals surface area contributed by atoms with Gasteiger partial charge in [-0.25, -0.2) is 8.42 Å². The summed E-state index contributed by atoms with van der Waals surface area (Å²) in [6, 6.07) is 12.5. The van der Waals surface area contributed by atoms with E-state index in [0.29, 0.717) is 34.0 Å². The maximum atomic E-state index is 13.9. The second-order valence-electron chi connectivity index (χ2n) is 10.3. The van der Waals surface area contributed by atoms with Crippen LogP contribution in [0.15, 0.2) is 48.5 Å². The monoisotopic (exact) mass is 569 g/mol. The van der Waals surface area contributed by atoms with Gasteiger partial charge < -0.3 is 14.7 Å². The van der Waals surface area contributed by atoms with E-state index < -0.39 is 57.2 Å². The molecule has 1 unspecified atom stereocenters. The number of carbonyl (C=O) groups excluding carboxylic acids is 1. The van der Waals surface area contributed by atoms with Crippen LogP contribution in [-0.4, -0.2) is 52.9 Å². The second kappa shape index (κ2) is 11.7. The van der Waals surface area contributed by atoms with E-state index in [1.807, 2.05) is 6.92 Å². The lowest BCUT2D eigenvalue weighted by molar-refractivity contribution is -0.182. The van der Waals surface area contributed by atoms with E-state index in [0.717, 1.165) is 0 Å². The third kappa shape index (κ3) is 6.85. The number of hydrogen-bond acceptors (Lipinski definition) is 5. The first kappa shape index (κ1) is 29.4. The second-order valence-corrected chi connectivity index (χ2v) is 13.9. The summed E-state index contributed by atoms with van der Waals surface area (Å²) in [5, 5.41) is 10.5. The molecule has 1 saturated heterocycles. The van der Waals surface area contributed by atoms with E-state index in [9.17, 15) is 23.1 Å². The Morgan fingerprint density at radius 1 is 1.08 bits per heavy atom. The Kier molecular flexibility index (Phi) is 9.32. The van der Waals surface area contributed by atoms with Crippen molar-refractivity contribution in [3.63, 3.8) is 0 Å². The lowest BCUT2D eigenvalue weighted by Gasteiger charge is -2.48. The molecule has 7 nitrogen and oxygen atoms in total. The van der Waals surface area contributed by atoms with Crippen molar-refractivity contribution in [3.05, 3.63) is 69.7 Å². The Morgan fingerprint density at radius 3 is 2.27 bits per heavy atom. The number of ether oxygens (including phenoxy) is 1. The highest BCUT2D eigenvalue weighted by molar-refractivity contribution is 7.92. The average Bonchev–Trinajstić information content (AvgIpc) is 2.79. The lowest BCUT2D eigenvalue weighted by atomic mass is 9.89. The van der Waals surface area contributed by atoms with Gasteiger partial charge in [0.1, 0.15) is 12.2 Å². The third-order valence-electron chi connectivity index (χ3n) is 6.54. The van der Waals surface area contributed by atoms with Gasteiger partial charge in [-0.15, -0.1) is 0 Å². The zero-order valence-electron chi connectivity index (χ0n) is 21.4. The smallest absolute Gasteiger partial charge is 0.306 e. The molecule has 1 fully saturated rings. The molecule has 1 N–H and O–H groups in total. The van der Waals surface area contributed by atoms with E-state index in [-0.39, 0.29) is 5.75 Å². The number of carboxylic acids is 1. The minimum Gasteiger partial charge on any atom is -0.481 e. The predicted octanol–water partition coefficient (Wildman–Crippen LogP) is 5.86. The largest absolute Gasteiger partial charge is 0.481 e. The number of aliphatic carboxylic acids is 1. The molecule has 1 heterocycles. The summed E-state index contributed by atoms with van der Waals surface area (Å²) in [5.74, 6) is -2.01. The number of morpholine rings is 1. The number of benzene rings is 2. The number of carboxylic acid groups (broad SMARTS) is 1. The van der Waals surface area contributed by atoms with E-state index in [2.05, 4.69) is 0 Å². The fourth-order valence-electron chi connectivity index (χ4n) is 4.54. The summed E-state index contributed by atoms with van der Waals surface area (Å²) >= 11 is 12.4. The van der Waals surface area contributed by atoms with Crippen LogP contribution in [0, 0.1) is 0 Å². The fourth-order valence-corrected chi connectivity index (χ4v) is 6.20. The molecule has 1 aliphatic heterocycles. The molecule has 4 atom stereocenters. The molecule has 0 aliphatic carbocycles. The van der Waals surface area contributed by atoms with Crippen LogP contribution in [0.2, 0.25) is 10.0 Å². The number of hydrogen-bond donors (Lipinski definition) is 1. The van der Waals surface area contributed by atoms with Crippen LogP contribution in [0.4, 0.5) is 0 Å². The van der Waals surface area contributed by atoms with Crippen LogP contribution in [0.25, 0.3) is 0 Å². The molecule has 202 valence electrons. The van der Waals surface area contributed by atoms with Gasteiger partial charge in [-0.05, 0) is 62.6 Å². The van der Waals surface area contributed by atoms with Crippen molar-refractivity contribution in [1.29, 1.82) is 0 Å². The van der Waals surface area contributed by atoms with Crippen molar-refractivity contribution < 1.29 is 27.9 Å². The molecule has 37 heavy (non-hydrogen) atoms. The minimum absolute atomic E-state index is 0.262. The summed E-state index contributed by atoms with van der Waals surface area (Å²) in [6.07, 6.45) is -1.61. The highest BCUT2D eigenvalue weighted by Crippen LogP contribution is 2.45. The SMILES string of the molecule is CCC[C@@H](CS(=O)(=O)C(C)(C)C)N1C(=O)[C@H](CC(=O)O)O[C@H](c2cccc(Cl)c2)C1c1ccc(Cl)cc1. The van der Waals surface area contributed by atoms with Gasteiger partial charge in [0.25, 0.3) is 5.91 Å². The molecule has 0 aromatic heterocycles. The van der Waals surface area contributed by atoms with Gasteiger partial charge >= 0.3 is 5.97 Å². The Balaban J connectivity index is 2.24. The van der Waals surface area contributed by atoms with Crippen LogP contribution in [0.5, 0.6) is 0 Å². The topological polar surface area (TPSA) is 101 Å². The van der Waals surface area contributed by atoms with Crippen molar-refractivity contribution in [2.24, 2.45) is 0 Å². The molecule has 0 bridgehead atoms. The maximum Gasteiger partial charge on any atom is 0.306 e. The standard InChI is InChI=1S/C27H33Cl2NO6S/c1-5-7-21(16-37(34,35)27(2,3)4)30-24(17-10-12-19(28)13-11-17)25(18-8-6-9-20(29)14-18)36-22(26(30)33)15-23(31)32/h6,8-14,21-22,24-25H,5,7,15-16H2,1-4H3,(H,31,32)/t21-,22-,24?,25+/m0/s1. The zero-order valence-corrected chi connectivity index (χ0v) is 23.7. The Hall–Kier alpha value is -2.13. The maximum absolute atomic E-state index is 13.9. The van der Waals surface area contributed by atoms with E-state index in [4.69, 9.17) is 27.9 Å². The van der Waals surface area contributed by atoms with Gasteiger partial charge in [0.2, 0.25) is 0 Å². The summed E-state index contributed by atoms with van der Waals surface area (Å²) in [4.78, 5) is 27.1. The molecule has 0 spiro atoms. The third-order valence-corrected chi connectivity index (χ3v) is 9.71. The van der Waals surface area contributed by atoms with Crippen molar-refractivity contribution >= 4 is 44.9 Å². The molecular weight excluding hydrogens is 537 g/mol. The van der Waals surface area contributed by atoms with Gasteiger partial charge in [-0.1, -0.05) is 60.8 Å². The average molecular weight is 571 g/mol. The van der Waals surface area contributed by atoms with Crippen LogP contribution in [-0.2, 0) is 24.2 Å². The number of amides is 1. The van der Waals surface area contributed by atoms with Gasteiger partial charge in [0.05, 0.1) is 23.0 Å². The van der Waals surface area contributed by atoms with Crippen LogP contribution >= 0.6 is 23.2 Å². The van der Waals surface area contributed by atoms with Crippen LogP contribution in [0.3, 0.4) is 0 Å². The molecule has 1 amide bonds. The first-order valence-electron chi connectivity index (χ1n) is 12.2. The molecule has 0 saturated carbocycles. The molecule has 3 rings (SSSR count). The number of nitrogens with zero attached hydrogens (tertiary/aromatic N) is 1. The molecule has 10 heteroatoms. The molecule has 2 aromatic carbocycles. The normalized spacial score (nSPS) is 21.6. The van der Waals surface area contributed by atoms with Crippen molar-refractivity contribution in [3.8, 4) is 0 Å². The summed E-state index contributed by atoms with van der Waals surface area (Å²) < 4.78 is 31.8. The summed E-state index contributed by atoms with van der Waals surface area (Å²) in [6.45, 7) is 6.81. The molecule has 0 radical (unpaired) electrons.